The third kappa shape index (κ3) is 5.48. The SMILES string of the molecule is CCS(=O)(=O)Nc1ccc(C)cc1OCCN(C)C. The molecule has 0 unspecified atom stereocenters. The quantitative estimate of drug-likeness (QED) is 0.829. The summed E-state index contributed by atoms with van der Waals surface area (Å²) in [6.07, 6.45) is 0. The van der Waals surface area contributed by atoms with Crippen molar-refractivity contribution in [1.29, 1.82) is 0 Å². The van der Waals surface area contributed by atoms with Gasteiger partial charge in [0, 0.05) is 6.54 Å². The first-order valence-corrected chi connectivity index (χ1v) is 7.88. The molecule has 1 rings (SSSR count). The summed E-state index contributed by atoms with van der Waals surface area (Å²) in [6, 6.07) is 5.42. The summed E-state index contributed by atoms with van der Waals surface area (Å²) in [5, 5.41) is 0. The first kappa shape index (κ1) is 15.8. The summed E-state index contributed by atoms with van der Waals surface area (Å²) in [4.78, 5) is 2.01. The molecule has 1 aromatic carbocycles. The lowest BCUT2D eigenvalue weighted by atomic mass is 10.2. The van der Waals surface area contributed by atoms with Crippen molar-refractivity contribution in [2.75, 3.05) is 37.7 Å². The zero-order valence-electron chi connectivity index (χ0n) is 11.9. The van der Waals surface area contributed by atoms with Gasteiger partial charge in [-0.25, -0.2) is 8.42 Å². The van der Waals surface area contributed by atoms with E-state index in [0.29, 0.717) is 18.0 Å². The number of hydrogen-bond acceptors (Lipinski definition) is 4. The molecular weight excluding hydrogens is 264 g/mol. The Balaban J connectivity index is 2.85. The minimum Gasteiger partial charge on any atom is -0.490 e. The lowest BCUT2D eigenvalue weighted by Gasteiger charge is -2.15. The molecule has 0 saturated heterocycles. The molecule has 0 radical (unpaired) electrons. The van der Waals surface area contributed by atoms with E-state index < -0.39 is 10.0 Å². The molecule has 1 N–H and O–H groups in total. The van der Waals surface area contributed by atoms with Gasteiger partial charge in [-0.05, 0) is 45.6 Å². The summed E-state index contributed by atoms with van der Waals surface area (Å²) in [5.41, 5.74) is 1.52. The summed E-state index contributed by atoms with van der Waals surface area (Å²) in [6.45, 7) is 4.82. The van der Waals surface area contributed by atoms with E-state index in [9.17, 15) is 8.42 Å². The van der Waals surface area contributed by atoms with Crippen molar-refractivity contribution in [2.45, 2.75) is 13.8 Å². The molecule has 0 aliphatic rings. The molecule has 5 nitrogen and oxygen atoms in total. The van der Waals surface area contributed by atoms with E-state index in [0.717, 1.165) is 12.1 Å². The maximum atomic E-state index is 11.6. The standard InChI is InChI=1S/C13H22N2O3S/c1-5-19(16,17)14-12-7-6-11(2)10-13(12)18-9-8-15(3)4/h6-7,10,14H,5,8-9H2,1-4H3. The van der Waals surface area contributed by atoms with Crippen molar-refractivity contribution in [2.24, 2.45) is 0 Å². The summed E-state index contributed by atoms with van der Waals surface area (Å²) < 4.78 is 31.4. The fourth-order valence-corrected chi connectivity index (χ4v) is 2.06. The number of sulfonamides is 1. The number of ether oxygens (including phenoxy) is 1. The Morgan fingerprint density at radius 1 is 1.32 bits per heavy atom. The van der Waals surface area contributed by atoms with Crippen molar-refractivity contribution in [1.82, 2.24) is 4.90 Å². The van der Waals surface area contributed by atoms with Crippen LogP contribution in [0.1, 0.15) is 12.5 Å². The van der Waals surface area contributed by atoms with Crippen LogP contribution in [0.2, 0.25) is 0 Å². The third-order valence-electron chi connectivity index (χ3n) is 2.58. The van der Waals surface area contributed by atoms with Crippen molar-refractivity contribution in [3.63, 3.8) is 0 Å². The van der Waals surface area contributed by atoms with E-state index >= 15 is 0 Å². The molecule has 0 fully saturated rings. The van der Waals surface area contributed by atoms with Crippen LogP contribution >= 0.6 is 0 Å². The molecule has 108 valence electrons. The highest BCUT2D eigenvalue weighted by Gasteiger charge is 2.11. The number of rotatable bonds is 7. The average Bonchev–Trinajstić information content (AvgIpc) is 2.32. The number of likely N-dealkylation sites (N-methyl/N-ethyl adjacent to an activating group) is 1. The second kappa shape index (κ2) is 6.77. The Morgan fingerprint density at radius 2 is 2.00 bits per heavy atom. The molecule has 0 aliphatic carbocycles. The van der Waals surface area contributed by atoms with Gasteiger partial charge in [0.15, 0.2) is 0 Å². The number of benzene rings is 1. The van der Waals surface area contributed by atoms with Gasteiger partial charge >= 0.3 is 0 Å². The van der Waals surface area contributed by atoms with Gasteiger partial charge < -0.3 is 9.64 Å². The normalized spacial score (nSPS) is 11.6. The predicted molar refractivity (Wildman–Crippen MR) is 78.3 cm³/mol. The molecule has 0 heterocycles. The smallest absolute Gasteiger partial charge is 0.232 e. The van der Waals surface area contributed by atoms with Crippen LogP contribution in [0, 0.1) is 6.92 Å². The first-order valence-electron chi connectivity index (χ1n) is 6.22. The van der Waals surface area contributed by atoms with Crippen molar-refractivity contribution < 1.29 is 13.2 Å². The van der Waals surface area contributed by atoms with E-state index in [1.165, 1.54) is 0 Å². The Bertz CT molecular complexity index is 513. The summed E-state index contributed by atoms with van der Waals surface area (Å²) in [5.74, 6) is 0.608. The van der Waals surface area contributed by atoms with Crippen LogP contribution in [-0.4, -0.2) is 46.3 Å². The van der Waals surface area contributed by atoms with Crippen molar-refractivity contribution in [3.8, 4) is 5.75 Å². The van der Waals surface area contributed by atoms with Crippen molar-refractivity contribution >= 4 is 15.7 Å². The van der Waals surface area contributed by atoms with Crippen LogP contribution in [-0.2, 0) is 10.0 Å². The van der Waals surface area contributed by atoms with Gasteiger partial charge in [-0.1, -0.05) is 6.07 Å². The van der Waals surface area contributed by atoms with Crippen LogP contribution in [0.3, 0.4) is 0 Å². The first-order chi connectivity index (χ1) is 8.84. The van der Waals surface area contributed by atoms with E-state index in [4.69, 9.17) is 4.74 Å². The zero-order valence-corrected chi connectivity index (χ0v) is 12.8. The molecular formula is C13H22N2O3S. The molecule has 0 atom stereocenters. The molecule has 0 saturated carbocycles. The molecule has 1 aromatic rings. The number of aryl methyl sites for hydroxylation is 1. The summed E-state index contributed by atoms with van der Waals surface area (Å²) >= 11 is 0. The number of anilines is 1. The minimum absolute atomic E-state index is 0.0397. The minimum atomic E-state index is -3.29. The highest BCUT2D eigenvalue weighted by atomic mass is 32.2. The zero-order chi connectivity index (χ0) is 14.5. The Hall–Kier alpha value is -1.27. The predicted octanol–water partition coefficient (Wildman–Crippen LogP) is 1.70. The second-order valence-electron chi connectivity index (χ2n) is 4.66. The maximum absolute atomic E-state index is 11.6. The number of hydrogen-bond donors (Lipinski definition) is 1. The van der Waals surface area contributed by atoms with Gasteiger partial charge in [0.25, 0.3) is 0 Å². The highest BCUT2D eigenvalue weighted by molar-refractivity contribution is 7.92. The van der Waals surface area contributed by atoms with Gasteiger partial charge in [0.05, 0.1) is 11.4 Å². The second-order valence-corrected chi connectivity index (χ2v) is 6.67. The van der Waals surface area contributed by atoms with Crippen LogP contribution < -0.4 is 9.46 Å². The van der Waals surface area contributed by atoms with Gasteiger partial charge in [-0.3, -0.25) is 4.72 Å². The van der Waals surface area contributed by atoms with Crippen LogP contribution in [0.15, 0.2) is 18.2 Å². The van der Waals surface area contributed by atoms with E-state index in [1.807, 2.05) is 38.1 Å². The molecule has 0 aromatic heterocycles. The molecule has 0 spiro atoms. The topological polar surface area (TPSA) is 58.6 Å². The fraction of sp³-hybridized carbons (Fsp3) is 0.538. The molecule has 0 aliphatic heterocycles. The largest absolute Gasteiger partial charge is 0.490 e. The van der Waals surface area contributed by atoms with E-state index in [2.05, 4.69) is 4.72 Å². The lowest BCUT2D eigenvalue weighted by Crippen LogP contribution is -2.20. The Kier molecular flexibility index (Phi) is 5.62. The van der Waals surface area contributed by atoms with Crippen LogP contribution in [0.25, 0.3) is 0 Å². The fourth-order valence-electron chi connectivity index (χ4n) is 1.41. The Labute approximate surface area is 115 Å². The molecule has 19 heavy (non-hydrogen) atoms. The van der Waals surface area contributed by atoms with E-state index in [-0.39, 0.29) is 5.75 Å². The van der Waals surface area contributed by atoms with Crippen LogP contribution in [0.4, 0.5) is 5.69 Å². The van der Waals surface area contributed by atoms with Gasteiger partial charge in [0.1, 0.15) is 12.4 Å². The average molecular weight is 286 g/mol. The number of nitrogens with one attached hydrogen (secondary N) is 1. The highest BCUT2D eigenvalue weighted by Crippen LogP contribution is 2.26. The lowest BCUT2D eigenvalue weighted by molar-refractivity contribution is 0.262. The van der Waals surface area contributed by atoms with Gasteiger partial charge in [0.2, 0.25) is 10.0 Å². The van der Waals surface area contributed by atoms with Gasteiger partial charge in [-0.15, -0.1) is 0 Å². The van der Waals surface area contributed by atoms with E-state index in [1.54, 1.807) is 13.0 Å². The molecule has 0 bridgehead atoms. The van der Waals surface area contributed by atoms with Crippen molar-refractivity contribution in [3.05, 3.63) is 23.8 Å². The number of nitrogens with zero attached hydrogens (tertiary/aromatic N) is 1. The summed E-state index contributed by atoms with van der Waals surface area (Å²) in [7, 11) is 0.628. The monoisotopic (exact) mass is 286 g/mol. The molecule has 0 amide bonds. The van der Waals surface area contributed by atoms with Crippen LogP contribution in [0.5, 0.6) is 5.75 Å². The third-order valence-corrected chi connectivity index (χ3v) is 3.87. The maximum Gasteiger partial charge on any atom is 0.232 e. The van der Waals surface area contributed by atoms with Gasteiger partial charge in [-0.2, -0.15) is 0 Å². The molecule has 6 heteroatoms. The Morgan fingerprint density at radius 3 is 2.58 bits per heavy atom.